The number of hydrogen-bond donors (Lipinski definition) is 4. The van der Waals surface area contributed by atoms with E-state index in [4.69, 9.17) is 0 Å². The smallest absolute Gasteiger partial charge is 0.220 e. The second kappa shape index (κ2) is 48.5. The molecule has 3 atom stereocenters. The Bertz CT molecular complexity index is 859. The predicted octanol–water partition coefficient (Wildman–Crippen LogP) is 15.7. The van der Waals surface area contributed by atoms with Crippen molar-refractivity contribution in [1.82, 2.24) is 5.32 Å². The van der Waals surface area contributed by atoms with Gasteiger partial charge in [0, 0.05) is 6.42 Å². The van der Waals surface area contributed by atoms with E-state index in [2.05, 4.69) is 43.5 Å². The number of amides is 1. The van der Waals surface area contributed by atoms with Crippen LogP contribution in [0.2, 0.25) is 0 Å². The van der Waals surface area contributed by atoms with Crippen molar-refractivity contribution in [2.45, 2.75) is 302 Å². The molecule has 5 nitrogen and oxygen atoms in total. The molecular formula is C53H103NO4. The van der Waals surface area contributed by atoms with E-state index in [9.17, 15) is 20.1 Å². The van der Waals surface area contributed by atoms with Gasteiger partial charge in [0.15, 0.2) is 0 Å². The Kier molecular flexibility index (Phi) is 47.5. The summed E-state index contributed by atoms with van der Waals surface area (Å²) in [4.78, 5) is 12.5. The zero-order valence-electron chi connectivity index (χ0n) is 39.2. The summed E-state index contributed by atoms with van der Waals surface area (Å²) in [5, 5.41) is 33.7. The fourth-order valence-electron chi connectivity index (χ4n) is 8.22. The molecule has 0 aromatic carbocycles. The normalized spacial score (nSPS) is 13.5. The van der Waals surface area contributed by atoms with Crippen LogP contribution in [0.4, 0.5) is 0 Å². The first-order valence-corrected chi connectivity index (χ1v) is 26.1. The van der Waals surface area contributed by atoms with Crippen molar-refractivity contribution in [3.05, 3.63) is 24.3 Å². The third kappa shape index (κ3) is 42.9. The maximum absolute atomic E-state index is 12.5. The number of carbonyl (C=O) groups is 1. The molecule has 0 aliphatic heterocycles. The zero-order chi connectivity index (χ0) is 42.3. The summed E-state index contributed by atoms with van der Waals surface area (Å²) in [5.41, 5.74) is 0. The molecule has 0 heterocycles. The predicted molar refractivity (Wildman–Crippen MR) is 255 cm³/mol. The number of aliphatic hydroxyl groups excluding tert-OH is 3. The number of carbonyl (C=O) groups excluding carboxylic acids is 1. The highest BCUT2D eigenvalue weighted by Gasteiger charge is 2.26. The fourth-order valence-corrected chi connectivity index (χ4v) is 8.22. The largest absolute Gasteiger partial charge is 0.394 e. The molecule has 0 spiro atoms. The summed E-state index contributed by atoms with van der Waals surface area (Å²) in [6, 6.07) is -0.827. The topological polar surface area (TPSA) is 89.8 Å². The standard InChI is InChI=1S/C53H103NO4/c1-3-5-7-9-11-13-15-17-19-21-23-25-26-28-30-32-34-36-38-40-42-44-46-48-52(57)54-50(49-55)53(58)51(56)47-45-43-41-39-37-35-33-31-29-27-24-22-20-18-16-14-12-10-8-6-4-2/h28,30,39,41,50-51,53,55-56,58H,3-27,29,31-38,40,42-49H2,1-2H3,(H,54,57)/b30-28-,41-39+. The number of unbranched alkanes of at least 4 members (excludes halogenated alkanes) is 36. The van der Waals surface area contributed by atoms with Crippen LogP contribution >= 0.6 is 0 Å². The average Bonchev–Trinajstić information content (AvgIpc) is 3.23. The van der Waals surface area contributed by atoms with Crippen LogP contribution in [0.15, 0.2) is 24.3 Å². The number of rotatable bonds is 48. The number of aliphatic hydroxyl groups is 3. The molecule has 0 aromatic heterocycles. The fraction of sp³-hybridized carbons (Fsp3) is 0.906. The van der Waals surface area contributed by atoms with Gasteiger partial charge in [0.1, 0.15) is 6.10 Å². The Balaban J connectivity index is 3.60. The van der Waals surface area contributed by atoms with Crippen molar-refractivity contribution < 1.29 is 20.1 Å². The summed E-state index contributed by atoms with van der Waals surface area (Å²) >= 11 is 0. The lowest BCUT2D eigenvalue weighted by Gasteiger charge is -2.26. The van der Waals surface area contributed by atoms with Crippen LogP contribution in [0.25, 0.3) is 0 Å². The quantitative estimate of drug-likeness (QED) is 0.0364. The number of allylic oxidation sites excluding steroid dienone is 4. The van der Waals surface area contributed by atoms with Crippen molar-refractivity contribution >= 4 is 5.91 Å². The van der Waals surface area contributed by atoms with Crippen LogP contribution in [0.3, 0.4) is 0 Å². The molecule has 0 fully saturated rings. The first-order chi connectivity index (χ1) is 28.6. The van der Waals surface area contributed by atoms with Crippen LogP contribution in [0, 0.1) is 0 Å². The van der Waals surface area contributed by atoms with E-state index in [1.807, 2.05) is 0 Å². The van der Waals surface area contributed by atoms with E-state index in [0.29, 0.717) is 12.8 Å². The summed E-state index contributed by atoms with van der Waals surface area (Å²) in [7, 11) is 0. The molecule has 0 aliphatic rings. The van der Waals surface area contributed by atoms with E-state index in [1.54, 1.807) is 0 Å². The summed E-state index contributed by atoms with van der Waals surface area (Å²) in [6.45, 7) is 4.20. The number of nitrogens with one attached hydrogen (secondary N) is 1. The van der Waals surface area contributed by atoms with E-state index >= 15 is 0 Å². The maximum atomic E-state index is 12.5. The molecule has 0 aromatic rings. The van der Waals surface area contributed by atoms with E-state index in [1.165, 1.54) is 218 Å². The van der Waals surface area contributed by atoms with Gasteiger partial charge in [0.2, 0.25) is 5.91 Å². The molecule has 0 aliphatic carbocycles. The molecule has 58 heavy (non-hydrogen) atoms. The van der Waals surface area contributed by atoms with Gasteiger partial charge in [-0.15, -0.1) is 0 Å². The minimum atomic E-state index is -1.16. The molecule has 1 amide bonds. The van der Waals surface area contributed by atoms with Gasteiger partial charge in [-0.3, -0.25) is 4.79 Å². The van der Waals surface area contributed by atoms with Gasteiger partial charge >= 0.3 is 0 Å². The summed E-state index contributed by atoms with van der Waals surface area (Å²) in [6.07, 6.45) is 60.3. The van der Waals surface area contributed by atoms with Crippen LogP contribution < -0.4 is 5.32 Å². The lowest BCUT2D eigenvalue weighted by molar-refractivity contribution is -0.124. The Labute approximate surface area is 362 Å². The molecule has 0 bridgehead atoms. The maximum Gasteiger partial charge on any atom is 0.220 e. The Hall–Kier alpha value is -1.17. The second-order valence-corrected chi connectivity index (χ2v) is 18.1. The van der Waals surface area contributed by atoms with Gasteiger partial charge in [-0.1, -0.05) is 237 Å². The Morgan fingerprint density at radius 3 is 1.00 bits per heavy atom. The van der Waals surface area contributed by atoms with Crippen molar-refractivity contribution in [2.75, 3.05) is 6.61 Å². The van der Waals surface area contributed by atoms with E-state index in [-0.39, 0.29) is 12.5 Å². The summed E-state index contributed by atoms with van der Waals surface area (Å²) < 4.78 is 0. The summed E-state index contributed by atoms with van der Waals surface area (Å²) in [5.74, 6) is -0.155. The number of hydrogen-bond acceptors (Lipinski definition) is 4. The monoisotopic (exact) mass is 818 g/mol. The van der Waals surface area contributed by atoms with Crippen LogP contribution in [0.5, 0.6) is 0 Å². The van der Waals surface area contributed by atoms with Gasteiger partial charge in [-0.2, -0.15) is 0 Å². The minimum absolute atomic E-state index is 0.155. The molecule has 3 unspecified atom stereocenters. The highest BCUT2D eigenvalue weighted by Crippen LogP contribution is 2.17. The van der Waals surface area contributed by atoms with E-state index < -0.39 is 18.2 Å². The highest BCUT2D eigenvalue weighted by atomic mass is 16.3. The van der Waals surface area contributed by atoms with Crippen LogP contribution in [0.1, 0.15) is 284 Å². The highest BCUT2D eigenvalue weighted by molar-refractivity contribution is 5.76. The Morgan fingerprint density at radius 1 is 0.414 bits per heavy atom. The van der Waals surface area contributed by atoms with Gasteiger partial charge in [-0.05, 0) is 64.2 Å². The average molecular weight is 818 g/mol. The molecule has 0 radical (unpaired) electrons. The first kappa shape index (κ1) is 56.8. The molecular weight excluding hydrogens is 715 g/mol. The molecule has 0 rings (SSSR count). The van der Waals surface area contributed by atoms with Gasteiger partial charge in [0.05, 0.1) is 18.8 Å². The molecule has 4 N–H and O–H groups in total. The van der Waals surface area contributed by atoms with Gasteiger partial charge in [0.25, 0.3) is 0 Å². The lowest BCUT2D eigenvalue weighted by Crippen LogP contribution is -2.50. The van der Waals surface area contributed by atoms with Gasteiger partial charge < -0.3 is 20.6 Å². The van der Waals surface area contributed by atoms with Crippen LogP contribution in [-0.4, -0.2) is 46.1 Å². The molecule has 0 saturated heterocycles. The van der Waals surface area contributed by atoms with Gasteiger partial charge in [-0.25, -0.2) is 0 Å². The van der Waals surface area contributed by atoms with Crippen molar-refractivity contribution in [1.29, 1.82) is 0 Å². The lowest BCUT2D eigenvalue weighted by atomic mass is 10.0. The second-order valence-electron chi connectivity index (χ2n) is 18.1. The first-order valence-electron chi connectivity index (χ1n) is 26.1. The van der Waals surface area contributed by atoms with Crippen LogP contribution in [-0.2, 0) is 4.79 Å². The van der Waals surface area contributed by atoms with Crippen molar-refractivity contribution in [3.8, 4) is 0 Å². The van der Waals surface area contributed by atoms with Crippen molar-refractivity contribution in [2.24, 2.45) is 0 Å². The third-order valence-corrected chi connectivity index (χ3v) is 12.3. The van der Waals surface area contributed by atoms with E-state index in [0.717, 1.165) is 38.5 Å². The van der Waals surface area contributed by atoms with Crippen molar-refractivity contribution in [3.63, 3.8) is 0 Å². The zero-order valence-corrected chi connectivity index (χ0v) is 39.2. The third-order valence-electron chi connectivity index (χ3n) is 12.3. The Morgan fingerprint density at radius 2 is 0.690 bits per heavy atom. The molecule has 344 valence electrons. The molecule has 5 heteroatoms. The minimum Gasteiger partial charge on any atom is -0.394 e. The molecule has 0 saturated carbocycles. The SMILES string of the molecule is CCCCCCCCCCCCCC/C=C\CCCCCCCCCC(=O)NC(CO)C(O)C(O)CCC/C=C/CCCCCCCCCCCCCCCCCC.